The van der Waals surface area contributed by atoms with Crippen molar-refractivity contribution in [1.29, 1.82) is 0 Å². The zero-order valence-corrected chi connectivity index (χ0v) is 13.3. The van der Waals surface area contributed by atoms with E-state index in [1.165, 1.54) is 10.6 Å². The molecule has 0 aliphatic carbocycles. The predicted octanol–water partition coefficient (Wildman–Crippen LogP) is 2.23. The van der Waals surface area contributed by atoms with E-state index in [9.17, 15) is 13.2 Å². The number of aromatic nitrogens is 2. The molecule has 0 aliphatic rings. The van der Waals surface area contributed by atoms with Crippen LogP contribution in [-0.2, 0) is 14.8 Å². The van der Waals surface area contributed by atoms with Crippen LogP contribution in [0.25, 0.3) is 5.65 Å². The topological polar surface area (TPSA) is 80.5 Å². The third-order valence-corrected chi connectivity index (χ3v) is 5.04. The Morgan fingerprint density at radius 3 is 2.67 bits per heavy atom. The summed E-state index contributed by atoms with van der Waals surface area (Å²) in [5.74, 6) is -0.875. The Morgan fingerprint density at radius 2 is 2.05 bits per heavy atom. The van der Waals surface area contributed by atoms with Crippen LogP contribution in [0.2, 0.25) is 5.15 Å². The molecule has 1 N–H and O–H groups in total. The monoisotopic (exact) mass is 329 g/mol. The van der Waals surface area contributed by atoms with Gasteiger partial charge in [-0.25, -0.2) is 9.71 Å². The minimum absolute atomic E-state index is 0.161. The summed E-state index contributed by atoms with van der Waals surface area (Å²) in [4.78, 5) is 16.0. The Bertz CT molecular complexity index is 766. The van der Waals surface area contributed by atoms with Crippen LogP contribution in [-0.4, -0.2) is 23.7 Å². The summed E-state index contributed by atoms with van der Waals surface area (Å²) in [5.41, 5.74) is 0.401. The minimum Gasteiger partial charge on any atom is -0.288 e. The van der Waals surface area contributed by atoms with Crippen molar-refractivity contribution in [3.05, 3.63) is 29.5 Å². The highest BCUT2D eigenvalue weighted by atomic mass is 35.5. The predicted molar refractivity (Wildman–Crippen MR) is 79.6 cm³/mol. The number of hydrogen-bond acceptors (Lipinski definition) is 4. The van der Waals surface area contributed by atoms with Gasteiger partial charge in [-0.3, -0.25) is 9.20 Å². The molecule has 114 valence electrons. The molecule has 0 bridgehead atoms. The van der Waals surface area contributed by atoms with Crippen LogP contribution in [0.5, 0.6) is 0 Å². The van der Waals surface area contributed by atoms with Crippen molar-refractivity contribution >= 4 is 33.2 Å². The summed E-state index contributed by atoms with van der Waals surface area (Å²) in [6, 6.07) is 5.01. The van der Waals surface area contributed by atoms with Crippen molar-refractivity contribution in [2.75, 3.05) is 0 Å². The Kier molecular flexibility index (Phi) is 4.53. The number of imidazole rings is 1. The van der Waals surface area contributed by atoms with Crippen LogP contribution >= 0.6 is 11.6 Å². The summed E-state index contributed by atoms with van der Waals surface area (Å²) in [6.07, 6.45) is 2.67. The number of fused-ring (bicyclic) bond motifs is 1. The molecule has 1 amide bonds. The maximum absolute atomic E-state index is 12.4. The first kappa shape index (κ1) is 15.8. The van der Waals surface area contributed by atoms with Crippen LogP contribution in [0, 0.1) is 5.92 Å². The smallest absolute Gasteiger partial charge is 0.283 e. The molecular formula is C13H16ClN3O3S. The molecule has 2 aromatic rings. The molecule has 0 aromatic carbocycles. The number of halogens is 1. The highest BCUT2D eigenvalue weighted by molar-refractivity contribution is 7.90. The van der Waals surface area contributed by atoms with Crippen molar-refractivity contribution in [3.8, 4) is 0 Å². The fraction of sp³-hybridized carbons (Fsp3) is 0.385. The van der Waals surface area contributed by atoms with Crippen molar-refractivity contribution in [1.82, 2.24) is 14.1 Å². The van der Waals surface area contributed by atoms with E-state index in [-0.39, 0.29) is 16.1 Å². The third-order valence-electron chi connectivity index (χ3n) is 3.29. The second-order valence-electron chi connectivity index (χ2n) is 4.62. The largest absolute Gasteiger partial charge is 0.288 e. The van der Waals surface area contributed by atoms with Crippen LogP contribution in [0.4, 0.5) is 0 Å². The number of pyridine rings is 1. The molecule has 0 unspecified atom stereocenters. The summed E-state index contributed by atoms with van der Waals surface area (Å²) in [7, 11) is -4.07. The SMILES string of the molecule is CCC(CC)C(=O)NS(=O)(=O)c1c(Cl)nc2ccccn12. The Balaban J connectivity index is 2.43. The molecule has 2 rings (SSSR count). The first-order valence-corrected chi connectivity index (χ1v) is 8.46. The molecule has 2 heterocycles. The van der Waals surface area contributed by atoms with E-state index in [0.29, 0.717) is 18.5 Å². The van der Waals surface area contributed by atoms with Gasteiger partial charge < -0.3 is 0 Å². The molecule has 0 atom stereocenters. The molecule has 0 saturated carbocycles. The highest BCUT2D eigenvalue weighted by Gasteiger charge is 2.28. The summed E-state index contributed by atoms with van der Waals surface area (Å²) >= 11 is 5.92. The van der Waals surface area contributed by atoms with Gasteiger partial charge >= 0.3 is 0 Å². The minimum atomic E-state index is -4.07. The van der Waals surface area contributed by atoms with E-state index in [0.717, 1.165) is 0 Å². The number of rotatable bonds is 5. The second kappa shape index (κ2) is 6.03. The van der Waals surface area contributed by atoms with Crippen LogP contribution in [0.3, 0.4) is 0 Å². The number of hydrogen-bond donors (Lipinski definition) is 1. The Hall–Kier alpha value is -1.60. The van der Waals surface area contributed by atoms with E-state index < -0.39 is 15.9 Å². The molecular weight excluding hydrogens is 314 g/mol. The summed E-state index contributed by atoms with van der Waals surface area (Å²) in [5, 5.41) is -0.384. The molecule has 0 fully saturated rings. The van der Waals surface area contributed by atoms with Gasteiger partial charge in [-0.15, -0.1) is 0 Å². The van der Waals surface area contributed by atoms with E-state index in [4.69, 9.17) is 11.6 Å². The van der Waals surface area contributed by atoms with Crippen molar-refractivity contribution < 1.29 is 13.2 Å². The standard InChI is InChI=1S/C13H16ClN3O3S/c1-3-9(4-2)12(18)16-21(19,20)13-11(14)15-10-7-5-6-8-17(10)13/h5-9H,3-4H2,1-2H3,(H,16,18). The van der Waals surface area contributed by atoms with E-state index in [1.807, 2.05) is 13.8 Å². The average molecular weight is 330 g/mol. The lowest BCUT2D eigenvalue weighted by Gasteiger charge is -2.13. The highest BCUT2D eigenvalue weighted by Crippen LogP contribution is 2.22. The number of nitrogens with one attached hydrogen (secondary N) is 1. The molecule has 2 aromatic heterocycles. The molecule has 0 radical (unpaired) electrons. The second-order valence-corrected chi connectivity index (χ2v) is 6.58. The molecule has 8 heteroatoms. The maximum atomic E-state index is 12.4. The molecule has 6 nitrogen and oxygen atoms in total. The van der Waals surface area contributed by atoms with Crippen LogP contribution in [0.1, 0.15) is 26.7 Å². The number of sulfonamides is 1. The number of carbonyl (C=O) groups excluding carboxylic acids is 1. The van der Waals surface area contributed by atoms with Crippen molar-refractivity contribution in [2.24, 2.45) is 5.92 Å². The van der Waals surface area contributed by atoms with Crippen LogP contribution in [0.15, 0.2) is 29.4 Å². The molecule has 0 spiro atoms. The van der Waals surface area contributed by atoms with Gasteiger partial charge in [0.1, 0.15) is 5.65 Å². The quantitative estimate of drug-likeness (QED) is 0.912. The number of nitrogens with zero attached hydrogens (tertiary/aromatic N) is 2. The van der Waals surface area contributed by atoms with Gasteiger partial charge in [-0.1, -0.05) is 31.5 Å². The van der Waals surface area contributed by atoms with Gasteiger partial charge in [0, 0.05) is 12.1 Å². The lowest BCUT2D eigenvalue weighted by Crippen LogP contribution is -2.36. The normalized spacial score (nSPS) is 12.0. The van der Waals surface area contributed by atoms with Crippen molar-refractivity contribution in [3.63, 3.8) is 0 Å². The summed E-state index contributed by atoms with van der Waals surface area (Å²) in [6.45, 7) is 3.67. The fourth-order valence-electron chi connectivity index (χ4n) is 2.11. The first-order valence-electron chi connectivity index (χ1n) is 6.60. The fourth-order valence-corrected chi connectivity index (χ4v) is 3.80. The molecule has 0 aliphatic heterocycles. The van der Waals surface area contributed by atoms with E-state index >= 15 is 0 Å². The Labute approximate surface area is 128 Å². The zero-order valence-electron chi connectivity index (χ0n) is 11.7. The van der Waals surface area contributed by atoms with Gasteiger partial charge in [-0.05, 0) is 25.0 Å². The van der Waals surface area contributed by atoms with E-state index in [1.54, 1.807) is 18.2 Å². The van der Waals surface area contributed by atoms with Gasteiger partial charge in [0.15, 0.2) is 10.2 Å². The lowest BCUT2D eigenvalue weighted by molar-refractivity contribution is -0.123. The van der Waals surface area contributed by atoms with Crippen molar-refractivity contribution in [2.45, 2.75) is 31.7 Å². The number of carbonyl (C=O) groups is 1. The molecule has 0 saturated heterocycles. The van der Waals surface area contributed by atoms with Crippen LogP contribution < -0.4 is 4.72 Å². The summed E-state index contributed by atoms with van der Waals surface area (Å²) < 4.78 is 28.2. The van der Waals surface area contributed by atoms with Gasteiger partial charge in [0.25, 0.3) is 10.0 Å². The van der Waals surface area contributed by atoms with Gasteiger partial charge in [0.2, 0.25) is 5.91 Å². The molecule has 21 heavy (non-hydrogen) atoms. The van der Waals surface area contributed by atoms with E-state index in [2.05, 4.69) is 9.71 Å². The zero-order chi connectivity index (χ0) is 15.6. The number of amides is 1. The van der Waals surface area contributed by atoms with Gasteiger partial charge in [0.05, 0.1) is 0 Å². The third kappa shape index (κ3) is 3.03. The average Bonchev–Trinajstić information content (AvgIpc) is 2.75. The first-order chi connectivity index (χ1) is 9.90. The Morgan fingerprint density at radius 1 is 1.38 bits per heavy atom. The van der Waals surface area contributed by atoms with Gasteiger partial charge in [-0.2, -0.15) is 8.42 Å². The maximum Gasteiger partial charge on any atom is 0.283 e. The lowest BCUT2D eigenvalue weighted by atomic mass is 10.0.